The molecule has 0 N–H and O–H groups in total. The van der Waals surface area contributed by atoms with Gasteiger partial charge in [-0.2, -0.15) is 4.31 Å². The minimum absolute atomic E-state index is 0.0242. The van der Waals surface area contributed by atoms with Crippen LogP contribution in [0.4, 0.5) is 5.13 Å². The van der Waals surface area contributed by atoms with Crippen LogP contribution in [0.3, 0.4) is 0 Å². The molecule has 0 bridgehead atoms. The van der Waals surface area contributed by atoms with Crippen molar-refractivity contribution in [3.8, 4) is 0 Å². The Morgan fingerprint density at radius 2 is 1.95 bits per heavy atom. The number of benzene rings is 2. The Morgan fingerprint density at radius 1 is 1.14 bits per heavy atom. The van der Waals surface area contributed by atoms with E-state index in [1.165, 1.54) is 16.9 Å². The number of aromatic nitrogens is 1. The number of nitrogens with zero attached hydrogens (tertiary/aromatic N) is 3. The van der Waals surface area contributed by atoms with E-state index >= 15 is 0 Å². The molecule has 9 heteroatoms. The lowest BCUT2D eigenvalue weighted by Gasteiger charge is -2.34. The molecule has 1 amide bonds. The van der Waals surface area contributed by atoms with Gasteiger partial charge < -0.3 is 4.42 Å². The molecular weight excluding hydrogens is 506 g/mol. The molecule has 3 heterocycles. The van der Waals surface area contributed by atoms with Gasteiger partial charge in [0.05, 0.1) is 27.9 Å². The van der Waals surface area contributed by atoms with E-state index in [1.54, 1.807) is 45.8 Å². The second-order valence-electron chi connectivity index (χ2n) is 9.32. The smallest absolute Gasteiger partial charge is 0.260 e. The summed E-state index contributed by atoms with van der Waals surface area (Å²) < 4.78 is 34.9. The molecule has 37 heavy (non-hydrogen) atoms. The number of sulfonamides is 1. The molecule has 1 aliphatic rings. The van der Waals surface area contributed by atoms with Gasteiger partial charge in [0.15, 0.2) is 5.13 Å². The summed E-state index contributed by atoms with van der Waals surface area (Å²) in [5.74, 6) is 0.372. The average molecular weight is 538 g/mol. The van der Waals surface area contributed by atoms with Crippen LogP contribution in [0.2, 0.25) is 0 Å². The number of anilines is 1. The lowest BCUT2D eigenvalue weighted by molar-refractivity contribution is 0.0983. The SMILES string of the molecule is CCc1ccc2nc(N(Cc3ccco3)C(=O)c3ccc(S(=O)(=O)N4CCCCC4CC)cc3)sc2c1. The van der Waals surface area contributed by atoms with Crippen molar-refractivity contribution in [2.75, 3.05) is 11.4 Å². The molecule has 1 unspecified atom stereocenters. The van der Waals surface area contributed by atoms with Crippen molar-refractivity contribution in [3.05, 3.63) is 77.7 Å². The quantitative estimate of drug-likeness (QED) is 0.265. The molecule has 0 aliphatic carbocycles. The maximum absolute atomic E-state index is 13.7. The van der Waals surface area contributed by atoms with Crippen molar-refractivity contribution in [1.82, 2.24) is 9.29 Å². The first-order chi connectivity index (χ1) is 17.9. The predicted octanol–water partition coefficient (Wildman–Crippen LogP) is 6.25. The first kappa shape index (κ1) is 25.6. The third-order valence-electron chi connectivity index (χ3n) is 6.97. The number of fused-ring (bicyclic) bond motifs is 1. The maximum Gasteiger partial charge on any atom is 0.260 e. The predicted molar refractivity (Wildman–Crippen MR) is 146 cm³/mol. The van der Waals surface area contributed by atoms with Crippen LogP contribution in [0.5, 0.6) is 0 Å². The van der Waals surface area contributed by atoms with Gasteiger partial charge in [-0.25, -0.2) is 13.4 Å². The molecule has 194 valence electrons. The molecule has 1 saturated heterocycles. The van der Waals surface area contributed by atoms with Gasteiger partial charge in [0.2, 0.25) is 10.0 Å². The van der Waals surface area contributed by atoms with E-state index in [0.29, 0.717) is 23.0 Å². The van der Waals surface area contributed by atoms with E-state index in [0.717, 1.165) is 42.3 Å². The normalized spacial score (nSPS) is 16.8. The number of carbonyl (C=O) groups excluding carboxylic acids is 1. The standard InChI is InChI=1S/C28H31N3O4S2/c1-3-20-10-15-25-26(18-20)36-28(29-25)30(19-23-9-7-17-35-23)27(32)21-11-13-24(14-12-21)37(33,34)31-16-6-5-8-22(31)4-2/h7,9-15,17-18,22H,3-6,8,16,19H2,1-2H3. The number of rotatable bonds is 8. The summed E-state index contributed by atoms with van der Waals surface area (Å²) in [6, 6.07) is 16.0. The zero-order valence-electron chi connectivity index (χ0n) is 21.1. The molecule has 1 aliphatic heterocycles. The van der Waals surface area contributed by atoms with Crippen molar-refractivity contribution in [1.29, 1.82) is 0 Å². The number of thiazole rings is 1. The Hall–Kier alpha value is -3.01. The summed E-state index contributed by atoms with van der Waals surface area (Å²) in [6.45, 7) is 4.89. The Bertz CT molecular complexity index is 1480. The largest absolute Gasteiger partial charge is 0.467 e. The van der Waals surface area contributed by atoms with Gasteiger partial charge in [0, 0.05) is 18.2 Å². The van der Waals surface area contributed by atoms with E-state index in [4.69, 9.17) is 9.40 Å². The van der Waals surface area contributed by atoms with E-state index in [9.17, 15) is 13.2 Å². The van der Waals surface area contributed by atoms with Crippen LogP contribution in [-0.2, 0) is 23.0 Å². The summed E-state index contributed by atoms with van der Waals surface area (Å²) in [6.07, 6.45) is 6.10. The van der Waals surface area contributed by atoms with E-state index in [-0.39, 0.29) is 23.4 Å². The van der Waals surface area contributed by atoms with Gasteiger partial charge in [0.1, 0.15) is 5.76 Å². The zero-order valence-corrected chi connectivity index (χ0v) is 22.7. The van der Waals surface area contributed by atoms with Gasteiger partial charge in [-0.15, -0.1) is 0 Å². The number of carbonyl (C=O) groups is 1. The second-order valence-corrected chi connectivity index (χ2v) is 12.2. The molecular formula is C28H31N3O4S2. The van der Waals surface area contributed by atoms with E-state index in [1.807, 2.05) is 19.1 Å². The average Bonchev–Trinajstić information content (AvgIpc) is 3.60. The summed E-state index contributed by atoms with van der Waals surface area (Å²) in [7, 11) is -3.62. The summed E-state index contributed by atoms with van der Waals surface area (Å²) in [5, 5.41) is 0.570. The van der Waals surface area contributed by atoms with Crippen molar-refractivity contribution < 1.29 is 17.6 Å². The van der Waals surface area contributed by atoms with Crippen molar-refractivity contribution in [2.24, 2.45) is 0 Å². The van der Waals surface area contributed by atoms with Crippen LogP contribution in [0.15, 0.2) is 70.2 Å². The first-order valence-corrected chi connectivity index (χ1v) is 15.0. The van der Waals surface area contributed by atoms with Crippen molar-refractivity contribution in [3.63, 3.8) is 0 Å². The van der Waals surface area contributed by atoms with Gasteiger partial charge in [-0.1, -0.05) is 37.7 Å². The molecule has 0 spiro atoms. The first-order valence-electron chi connectivity index (χ1n) is 12.8. The second kappa shape index (κ2) is 10.8. The minimum Gasteiger partial charge on any atom is -0.467 e. The van der Waals surface area contributed by atoms with Crippen molar-refractivity contribution in [2.45, 2.75) is 63.4 Å². The van der Waals surface area contributed by atoms with Crippen LogP contribution in [-0.4, -0.2) is 36.2 Å². The Kier molecular flexibility index (Phi) is 7.46. The van der Waals surface area contributed by atoms with Crippen LogP contribution in [0, 0.1) is 0 Å². The zero-order chi connectivity index (χ0) is 26.0. The van der Waals surface area contributed by atoms with Crippen LogP contribution >= 0.6 is 11.3 Å². The number of hydrogen-bond acceptors (Lipinski definition) is 6. The summed E-state index contributed by atoms with van der Waals surface area (Å²) >= 11 is 1.46. The van der Waals surface area contributed by atoms with Gasteiger partial charge in [-0.3, -0.25) is 9.69 Å². The van der Waals surface area contributed by atoms with Crippen molar-refractivity contribution >= 4 is 42.6 Å². The highest BCUT2D eigenvalue weighted by atomic mass is 32.2. The number of amides is 1. The molecule has 5 rings (SSSR count). The van der Waals surface area contributed by atoms with E-state index < -0.39 is 10.0 Å². The molecule has 7 nitrogen and oxygen atoms in total. The highest BCUT2D eigenvalue weighted by Crippen LogP contribution is 2.32. The molecule has 1 atom stereocenters. The van der Waals surface area contributed by atoms with Gasteiger partial charge in [-0.05, 0) is 79.8 Å². The van der Waals surface area contributed by atoms with Crippen LogP contribution in [0.1, 0.15) is 61.2 Å². The monoisotopic (exact) mass is 537 g/mol. The summed E-state index contributed by atoms with van der Waals surface area (Å²) in [5.41, 5.74) is 2.44. The molecule has 4 aromatic rings. The topological polar surface area (TPSA) is 83.7 Å². The highest BCUT2D eigenvalue weighted by Gasteiger charge is 2.32. The molecule has 2 aromatic heterocycles. The number of hydrogen-bond donors (Lipinski definition) is 0. The highest BCUT2D eigenvalue weighted by molar-refractivity contribution is 7.89. The maximum atomic E-state index is 13.7. The molecule has 1 fully saturated rings. The van der Waals surface area contributed by atoms with Crippen LogP contribution < -0.4 is 4.90 Å². The Balaban J connectivity index is 1.45. The minimum atomic E-state index is -3.62. The van der Waals surface area contributed by atoms with Gasteiger partial charge in [0.25, 0.3) is 5.91 Å². The van der Waals surface area contributed by atoms with Gasteiger partial charge >= 0.3 is 0 Å². The third-order valence-corrected chi connectivity index (χ3v) is 9.98. The molecule has 0 saturated carbocycles. The van der Waals surface area contributed by atoms with E-state index in [2.05, 4.69) is 19.1 Å². The number of furan rings is 1. The Labute approximate surface area is 221 Å². The lowest BCUT2D eigenvalue weighted by atomic mass is 10.0. The fraction of sp³-hybridized carbons (Fsp3) is 0.357. The summed E-state index contributed by atoms with van der Waals surface area (Å²) in [4.78, 5) is 20.3. The fourth-order valence-electron chi connectivity index (χ4n) is 4.84. The van der Waals surface area contributed by atoms with Crippen LogP contribution in [0.25, 0.3) is 10.2 Å². The lowest BCUT2D eigenvalue weighted by Crippen LogP contribution is -2.43. The fourth-order valence-corrected chi connectivity index (χ4v) is 7.63. The number of aryl methyl sites for hydroxylation is 1. The third kappa shape index (κ3) is 5.21. The number of piperidine rings is 1. The molecule has 2 aromatic carbocycles. The molecule has 0 radical (unpaired) electrons. The Morgan fingerprint density at radius 3 is 2.65 bits per heavy atom.